The molecule has 4 fully saturated rings. The van der Waals surface area contributed by atoms with E-state index >= 15 is 0 Å². The fraction of sp³-hybridized carbons (Fsp3) is 0.667. The summed E-state index contributed by atoms with van der Waals surface area (Å²) < 4.78 is 52.4. The molecule has 2 bridgehead atoms. The molecule has 3 saturated heterocycles. The van der Waals surface area contributed by atoms with Gasteiger partial charge in [0.05, 0.1) is 36.8 Å². The largest absolute Gasteiger partial charge is 0.380 e. The number of carbonyl (C=O) groups is 1. The van der Waals surface area contributed by atoms with Crippen LogP contribution in [0.3, 0.4) is 0 Å². The number of aromatic nitrogens is 2. The lowest BCUT2D eigenvalue weighted by atomic mass is 9.87. The van der Waals surface area contributed by atoms with Crippen molar-refractivity contribution in [3.8, 4) is 0 Å². The van der Waals surface area contributed by atoms with Gasteiger partial charge in [0.1, 0.15) is 11.6 Å². The Balaban J connectivity index is 0.975. The van der Waals surface area contributed by atoms with Crippen LogP contribution in [-0.4, -0.2) is 71.9 Å². The van der Waals surface area contributed by atoms with E-state index in [4.69, 9.17) is 9.26 Å². The van der Waals surface area contributed by atoms with Crippen molar-refractivity contribution in [1.29, 1.82) is 0 Å². The summed E-state index contributed by atoms with van der Waals surface area (Å²) in [7, 11) is -3.39. The molecule has 4 aliphatic rings. The molecule has 2 unspecified atom stereocenters. The fourth-order valence-corrected chi connectivity index (χ4v) is 9.02. The van der Waals surface area contributed by atoms with E-state index in [1.165, 1.54) is 12.3 Å². The number of hydrogen-bond donors (Lipinski definition) is 2. The third kappa shape index (κ3) is 6.03. The maximum absolute atomic E-state index is 13.5. The smallest absolute Gasteiger partial charge is 0.273 e. The highest BCUT2D eigenvalue weighted by Crippen LogP contribution is 2.39. The van der Waals surface area contributed by atoms with E-state index in [-0.39, 0.29) is 53.1 Å². The van der Waals surface area contributed by atoms with Crippen molar-refractivity contribution >= 4 is 15.9 Å². The third-order valence-corrected chi connectivity index (χ3v) is 10.9. The Kier molecular flexibility index (Phi) is 7.71. The highest BCUT2D eigenvalue weighted by atomic mass is 32.2. The number of sulfonamides is 1. The monoisotopic (exact) mass is 561 g/mol. The molecule has 212 valence electrons. The molecule has 1 aliphatic carbocycles. The predicted octanol–water partition coefficient (Wildman–Crippen LogP) is 2.73. The number of amides is 1. The highest BCUT2D eigenvalue weighted by Gasteiger charge is 2.47. The van der Waals surface area contributed by atoms with Crippen molar-refractivity contribution in [2.24, 2.45) is 5.92 Å². The number of halogens is 1. The Hall–Kier alpha value is -2.41. The van der Waals surface area contributed by atoms with E-state index in [1.54, 1.807) is 16.4 Å². The molecular formula is C27H36FN5O5S. The van der Waals surface area contributed by atoms with Crippen LogP contribution in [0.2, 0.25) is 0 Å². The zero-order valence-electron chi connectivity index (χ0n) is 21.9. The van der Waals surface area contributed by atoms with Gasteiger partial charge >= 0.3 is 0 Å². The first kappa shape index (κ1) is 26.8. The minimum atomic E-state index is -3.39. The van der Waals surface area contributed by atoms with Crippen LogP contribution in [0.1, 0.15) is 79.2 Å². The quantitative estimate of drug-likeness (QED) is 0.479. The lowest BCUT2D eigenvalue weighted by molar-refractivity contribution is -0.00228. The summed E-state index contributed by atoms with van der Waals surface area (Å²) in [6.07, 6.45) is 7.69. The van der Waals surface area contributed by atoms with E-state index < -0.39 is 10.0 Å². The first-order chi connectivity index (χ1) is 18.8. The predicted molar refractivity (Wildman–Crippen MR) is 140 cm³/mol. The Bertz CT molecular complexity index is 1250. The molecule has 0 spiro atoms. The number of nitrogens with zero attached hydrogens (tertiary/aromatic N) is 3. The number of nitrogens with one attached hydrogen (secondary N) is 2. The van der Waals surface area contributed by atoms with Crippen LogP contribution in [0, 0.1) is 11.7 Å². The van der Waals surface area contributed by atoms with E-state index in [9.17, 15) is 17.6 Å². The molecule has 3 aliphatic heterocycles. The number of carbonyl (C=O) groups excluding carboxylic acids is 1. The van der Waals surface area contributed by atoms with Gasteiger partial charge < -0.3 is 19.9 Å². The lowest BCUT2D eigenvalue weighted by Crippen LogP contribution is -2.53. The van der Waals surface area contributed by atoms with Gasteiger partial charge in [0.2, 0.25) is 10.0 Å². The average molecular weight is 562 g/mol. The van der Waals surface area contributed by atoms with Crippen LogP contribution in [0.4, 0.5) is 4.39 Å². The molecule has 1 saturated carbocycles. The molecule has 2 N–H and O–H groups in total. The summed E-state index contributed by atoms with van der Waals surface area (Å²) in [6, 6.07) is 4.87. The van der Waals surface area contributed by atoms with Gasteiger partial charge in [0, 0.05) is 36.8 Å². The van der Waals surface area contributed by atoms with Crippen molar-refractivity contribution in [2.75, 3.05) is 19.0 Å². The van der Waals surface area contributed by atoms with Gasteiger partial charge in [-0.1, -0.05) is 5.16 Å². The molecule has 2 aromatic rings. The summed E-state index contributed by atoms with van der Waals surface area (Å²) >= 11 is 0. The number of piperidine rings is 1. The van der Waals surface area contributed by atoms with Crippen LogP contribution >= 0.6 is 0 Å². The molecule has 2 aromatic heterocycles. The van der Waals surface area contributed by atoms with Crippen LogP contribution in [0.15, 0.2) is 28.9 Å². The van der Waals surface area contributed by atoms with E-state index in [0.717, 1.165) is 44.2 Å². The fourth-order valence-electron chi connectivity index (χ4n) is 6.63. The maximum atomic E-state index is 13.5. The van der Waals surface area contributed by atoms with E-state index in [1.807, 2.05) is 0 Å². The molecule has 6 rings (SSSR count). The number of fused-ring (bicyclic) bond motifs is 2. The number of rotatable bonds is 9. The Morgan fingerprint density at radius 1 is 1.05 bits per heavy atom. The Morgan fingerprint density at radius 2 is 1.79 bits per heavy atom. The zero-order valence-corrected chi connectivity index (χ0v) is 22.7. The minimum Gasteiger partial charge on any atom is -0.380 e. The number of ether oxygens (including phenoxy) is 1. The minimum absolute atomic E-state index is 0.0692. The number of pyridine rings is 1. The van der Waals surface area contributed by atoms with Gasteiger partial charge in [0.15, 0.2) is 5.69 Å². The van der Waals surface area contributed by atoms with Crippen molar-refractivity contribution in [3.63, 3.8) is 0 Å². The standard InChI is InChI=1S/C27H36FN5O5S/c28-19-3-6-21(29-12-19)13-30-20-4-1-17(2-5-20)16-39(35,36)33-23-7-8-24(33)10-22(9-23)31-27(34)25-11-26(38-32-25)18-14-37-15-18/h3,6,11-12,17-18,20,22-24,30H,1-2,4-5,7-10,13-16H2,(H,31,34). The average Bonchev–Trinajstić information content (AvgIpc) is 3.47. The van der Waals surface area contributed by atoms with Gasteiger partial charge in [-0.3, -0.25) is 9.78 Å². The molecule has 0 radical (unpaired) electrons. The number of hydrogen-bond acceptors (Lipinski definition) is 8. The Labute approximate surface area is 228 Å². The molecule has 10 nitrogen and oxygen atoms in total. The van der Waals surface area contributed by atoms with Crippen molar-refractivity contribution in [3.05, 3.63) is 47.4 Å². The molecule has 39 heavy (non-hydrogen) atoms. The first-order valence-electron chi connectivity index (χ1n) is 14.0. The summed E-state index contributed by atoms with van der Waals surface area (Å²) in [6.45, 7) is 1.75. The molecule has 1 amide bonds. The second-order valence-corrected chi connectivity index (χ2v) is 13.5. The van der Waals surface area contributed by atoms with Crippen molar-refractivity contribution < 1.29 is 26.9 Å². The summed E-state index contributed by atoms with van der Waals surface area (Å²) in [5.74, 6) is 0.553. The van der Waals surface area contributed by atoms with Gasteiger partial charge in [-0.25, -0.2) is 12.8 Å². The lowest BCUT2D eigenvalue weighted by Gasteiger charge is -2.39. The second kappa shape index (κ2) is 11.2. The van der Waals surface area contributed by atoms with Gasteiger partial charge in [-0.15, -0.1) is 0 Å². The summed E-state index contributed by atoms with van der Waals surface area (Å²) in [5, 5.41) is 10.5. The SMILES string of the molecule is O=C(NC1CC2CCC(C1)N2S(=O)(=O)CC1CCC(NCc2ccc(F)cn2)CC1)c1cc(C2COC2)on1. The maximum Gasteiger partial charge on any atom is 0.273 e. The van der Waals surface area contributed by atoms with Gasteiger partial charge in [-0.2, -0.15) is 4.31 Å². The summed E-state index contributed by atoms with van der Waals surface area (Å²) in [5.41, 5.74) is 1.06. The third-order valence-electron chi connectivity index (χ3n) is 8.78. The molecule has 0 aromatic carbocycles. The molecule has 12 heteroatoms. The zero-order chi connectivity index (χ0) is 27.0. The molecular weight excluding hydrogens is 525 g/mol. The van der Waals surface area contributed by atoms with Crippen LogP contribution < -0.4 is 10.6 Å². The molecule has 5 heterocycles. The van der Waals surface area contributed by atoms with E-state index in [2.05, 4.69) is 20.8 Å². The Morgan fingerprint density at radius 3 is 2.44 bits per heavy atom. The second-order valence-electron chi connectivity index (χ2n) is 11.6. The topological polar surface area (TPSA) is 127 Å². The van der Waals surface area contributed by atoms with Crippen molar-refractivity contribution in [1.82, 2.24) is 25.1 Å². The van der Waals surface area contributed by atoms with Crippen LogP contribution in [-0.2, 0) is 21.3 Å². The van der Waals surface area contributed by atoms with Crippen LogP contribution in [0.25, 0.3) is 0 Å². The normalized spacial score (nSPS) is 29.7. The summed E-state index contributed by atoms with van der Waals surface area (Å²) in [4.78, 5) is 16.9. The molecule has 2 atom stereocenters. The van der Waals surface area contributed by atoms with Gasteiger partial charge in [-0.05, 0) is 69.4 Å². The van der Waals surface area contributed by atoms with Gasteiger partial charge in [0.25, 0.3) is 5.91 Å². The first-order valence-corrected chi connectivity index (χ1v) is 15.6. The van der Waals surface area contributed by atoms with Crippen molar-refractivity contribution in [2.45, 2.75) is 88.0 Å². The van der Waals surface area contributed by atoms with Crippen LogP contribution in [0.5, 0.6) is 0 Å². The van der Waals surface area contributed by atoms with E-state index in [0.29, 0.717) is 44.4 Å². The highest BCUT2D eigenvalue weighted by molar-refractivity contribution is 7.89.